The third-order valence-electron chi connectivity index (χ3n) is 5.84. The van der Waals surface area contributed by atoms with Gasteiger partial charge in [-0.15, -0.1) is 0 Å². The number of hydrogen-bond acceptors (Lipinski definition) is 4. The number of sulfonamides is 1. The van der Waals surface area contributed by atoms with E-state index in [4.69, 9.17) is 11.6 Å². The number of halogens is 2. The summed E-state index contributed by atoms with van der Waals surface area (Å²) in [5.74, 6) is -0.627. The van der Waals surface area contributed by atoms with Crippen LogP contribution >= 0.6 is 11.6 Å². The number of benzene rings is 3. The SMILES string of the molecule is O=C(Nc1ccc(S(=O)(=O)Nc2ccc(F)cc2)cc1)C1CCN(Cc2ccccc2Cl)CC1. The lowest BCUT2D eigenvalue weighted by Crippen LogP contribution is -2.37. The van der Waals surface area contributed by atoms with Gasteiger partial charge in [-0.1, -0.05) is 29.8 Å². The summed E-state index contributed by atoms with van der Waals surface area (Å²) in [4.78, 5) is 15.1. The standard InChI is InChI=1S/C25H25ClFN3O3S/c26-24-4-2-1-3-19(24)17-30-15-13-18(14-16-30)25(31)28-21-9-11-23(12-10-21)34(32,33)29-22-7-5-20(27)6-8-22/h1-12,18,29H,13-17H2,(H,28,31). The highest BCUT2D eigenvalue weighted by atomic mass is 35.5. The van der Waals surface area contributed by atoms with Gasteiger partial charge < -0.3 is 5.32 Å². The fourth-order valence-electron chi connectivity index (χ4n) is 3.91. The molecule has 0 atom stereocenters. The highest BCUT2D eigenvalue weighted by Gasteiger charge is 2.25. The molecule has 178 valence electrons. The van der Waals surface area contributed by atoms with E-state index >= 15 is 0 Å². The van der Waals surface area contributed by atoms with Crippen LogP contribution in [0.15, 0.2) is 77.7 Å². The first kappa shape index (κ1) is 24.2. The van der Waals surface area contributed by atoms with E-state index in [2.05, 4.69) is 14.9 Å². The Hall–Kier alpha value is -2.94. The van der Waals surface area contributed by atoms with Gasteiger partial charge in [0, 0.05) is 28.9 Å². The van der Waals surface area contributed by atoms with Crippen LogP contribution in [-0.4, -0.2) is 32.3 Å². The minimum atomic E-state index is -3.83. The quantitative estimate of drug-likeness (QED) is 0.470. The van der Waals surface area contributed by atoms with Crippen molar-refractivity contribution in [2.45, 2.75) is 24.3 Å². The highest BCUT2D eigenvalue weighted by molar-refractivity contribution is 7.92. The van der Waals surface area contributed by atoms with Gasteiger partial charge in [-0.3, -0.25) is 14.4 Å². The zero-order chi connectivity index (χ0) is 24.1. The van der Waals surface area contributed by atoms with E-state index in [1.807, 2.05) is 24.3 Å². The van der Waals surface area contributed by atoms with Gasteiger partial charge in [-0.05, 0) is 86.1 Å². The van der Waals surface area contributed by atoms with Gasteiger partial charge in [-0.2, -0.15) is 0 Å². The molecule has 1 amide bonds. The van der Waals surface area contributed by atoms with Crippen molar-refractivity contribution in [2.75, 3.05) is 23.1 Å². The Kier molecular flexibility index (Phi) is 7.50. The molecule has 0 unspecified atom stereocenters. The molecule has 1 aliphatic heterocycles. The van der Waals surface area contributed by atoms with Crippen LogP contribution in [0.1, 0.15) is 18.4 Å². The smallest absolute Gasteiger partial charge is 0.261 e. The van der Waals surface area contributed by atoms with Gasteiger partial charge >= 0.3 is 0 Å². The molecule has 34 heavy (non-hydrogen) atoms. The average molecular weight is 502 g/mol. The molecule has 1 fully saturated rings. The molecule has 9 heteroatoms. The van der Waals surface area contributed by atoms with E-state index in [1.165, 1.54) is 36.4 Å². The number of piperidine rings is 1. The number of hydrogen-bond donors (Lipinski definition) is 2. The lowest BCUT2D eigenvalue weighted by molar-refractivity contribution is -0.121. The molecular formula is C25H25ClFN3O3S. The van der Waals surface area contributed by atoms with Crippen LogP contribution in [0.5, 0.6) is 0 Å². The third-order valence-corrected chi connectivity index (χ3v) is 7.60. The molecule has 6 nitrogen and oxygen atoms in total. The number of rotatable bonds is 7. The molecule has 0 aromatic heterocycles. The summed E-state index contributed by atoms with van der Waals surface area (Å²) in [7, 11) is -3.83. The van der Waals surface area contributed by atoms with E-state index in [-0.39, 0.29) is 22.4 Å². The Morgan fingerprint density at radius 3 is 2.21 bits per heavy atom. The monoisotopic (exact) mass is 501 g/mol. The second-order valence-electron chi connectivity index (χ2n) is 8.27. The van der Waals surface area contributed by atoms with Gasteiger partial charge in [0.25, 0.3) is 10.0 Å². The second kappa shape index (κ2) is 10.5. The number of nitrogens with zero attached hydrogens (tertiary/aromatic N) is 1. The number of likely N-dealkylation sites (tertiary alicyclic amines) is 1. The van der Waals surface area contributed by atoms with Crippen LogP contribution in [0, 0.1) is 11.7 Å². The predicted octanol–water partition coefficient (Wildman–Crippen LogP) is 5.13. The van der Waals surface area contributed by atoms with Crippen molar-refractivity contribution < 1.29 is 17.6 Å². The van der Waals surface area contributed by atoms with E-state index < -0.39 is 15.8 Å². The van der Waals surface area contributed by atoms with Crippen LogP contribution in [0.25, 0.3) is 0 Å². The molecule has 3 aromatic carbocycles. The number of anilines is 2. The van der Waals surface area contributed by atoms with Gasteiger partial charge in [-0.25, -0.2) is 12.8 Å². The summed E-state index contributed by atoms with van der Waals surface area (Å²) in [6.07, 6.45) is 1.48. The fourth-order valence-corrected chi connectivity index (χ4v) is 5.17. The summed E-state index contributed by atoms with van der Waals surface area (Å²) in [6.45, 7) is 2.36. The molecule has 0 bridgehead atoms. The van der Waals surface area contributed by atoms with Crippen molar-refractivity contribution in [3.63, 3.8) is 0 Å². The van der Waals surface area contributed by atoms with Crippen LogP contribution in [0.4, 0.5) is 15.8 Å². The minimum Gasteiger partial charge on any atom is -0.326 e. The molecule has 0 spiro atoms. The maximum atomic E-state index is 13.0. The largest absolute Gasteiger partial charge is 0.326 e. The number of amides is 1. The van der Waals surface area contributed by atoms with Crippen molar-refractivity contribution in [1.29, 1.82) is 0 Å². The molecule has 1 aliphatic rings. The van der Waals surface area contributed by atoms with E-state index in [1.54, 1.807) is 12.1 Å². The molecule has 3 aromatic rings. The van der Waals surface area contributed by atoms with Gasteiger partial charge in [0.2, 0.25) is 5.91 Å². The Balaban J connectivity index is 1.30. The second-order valence-corrected chi connectivity index (χ2v) is 10.4. The van der Waals surface area contributed by atoms with Crippen LogP contribution < -0.4 is 10.0 Å². The first-order valence-electron chi connectivity index (χ1n) is 11.0. The minimum absolute atomic E-state index is 0.0442. The zero-order valence-corrected chi connectivity index (χ0v) is 19.9. The Labute approximate surface area is 203 Å². The van der Waals surface area contributed by atoms with Crippen molar-refractivity contribution >= 4 is 38.9 Å². The fraction of sp³-hybridized carbons (Fsp3) is 0.240. The van der Waals surface area contributed by atoms with Crippen LogP contribution in [-0.2, 0) is 21.4 Å². The van der Waals surface area contributed by atoms with Crippen molar-refractivity contribution in [2.24, 2.45) is 5.92 Å². The number of nitrogens with one attached hydrogen (secondary N) is 2. The summed E-state index contributed by atoms with van der Waals surface area (Å²) < 4.78 is 40.5. The van der Waals surface area contributed by atoms with Crippen LogP contribution in [0.2, 0.25) is 5.02 Å². The Bertz CT molecular complexity index is 1240. The Morgan fingerprint density at radius 2 is 1.56 bits per heavy atom. The summed E-state index contributed by atoms with van der Waals surface area (Å²) in [5, 5.41) is 3.64. The normalized spacial score (nSPS) is 15.1. The van der Waals surface area contributed by atoms with Crippen molar-refractivity contribution in [3.05, 3.63) is 89.2 Å². The van der Waals surface area contributed by atoms with Gasteiger partial charge in [0.15, 0.2) is 0 Å². The molecule has 4 rings (SSSR count). The van der Waals surface area contributed by atoms with E-state index in [0.717, 1.165) is 43.1 Å². The zero-order valence-electron chi connectivity index (χ0n) is 18.4. The summed E-state index contributed by atoms with van der Waals surface area (Å²) in [5.41, 5.74) is 1.87. The van der Waals surface area contributed by atoms with Gasteiger partial charge in [0.05, 0.1) is 4.90 Å². The lowest BCUT2D eigenvalue weighted by atomic mass is 9.95. The summed E-state index contributed by atoms with van der Waals surface area (Å²) in [6, 6.07) is 18.8. The molecule has 0 saturated carbocycles. The van der Waals surface area contributed by atoms with Crippen LogP contribution in [0.3, 0.4) is 0 Å². The molecular weight excluding hydrogens is 477 g/mol. The van der Waals surface area contributed by atoms with Crippen molar-refractivity contribution in [1.82, 2.24) is 4.90 Å². The van der Waals surface area contributed by atoms with Crippen molar-refractivity contribution in [3.8, 4) is 0 Å². The molecule has 0 radical (unpaired) electrons. The lowest BCUT2D eigenvalue weighted by Gasteiger charge is -2.31. The molecule has 0 aliphatic carbocycles. The topological polar surface area (TPSA) is 78.5 Å². The van der Waals surface area contributed by atoms with Gasteiger partial charge in [0.1, 0.15) is 5.82 Å². The first-order valence-corrected chi connectivity index (χ1v) is 12.8. The van der Waals surface area contributed by atoms with E-state index in [0.29, 0.717) is 5.69 Å². The Morgan fingerprint density at radius 1 is 0.941 bits per heavy atom. The number of carbonyl (C=O) groups excluding carboxylic acids is 1. The number of carbonyl (C=O) groups is 1. The maximum absolute atomic E-state index is 13.0. The first-order chi connectivity index (χ1) is 16.3. The highest BCUT2D eigenvalue weighted by Crippen LogP contribution is 2.24. The maximum Gasteiger partial charge on any atom is 0.261 e. The third kappa shape index (κ3) is 6.14. The summed E-state index contributed by atoms with van der Waals surface area (Å²) >= 11 is 6.25. The molecule has 1 saturated heterocycles. The molecule has 2 N–H and O–H groups in total. The average Bonchev–Trinajstić information content (AvgIpc) is 2.83. The molecule has 1 heterocycles. The predicted molar refractivity (Wildman–Crippen MR) is 132 cm³/mol. The van der Waals surface area contributed by atoms with E-state index in [9.17, 15) is 17.6 Å².